The summed E-state index contributed by atoms with van der Waals surface area (Å²) in [6.45, 7) is 2.55. The van der Waals surface area contributed by atoms with Crippen molar-refractivity contribution in [1.82, 2.24) is 9.21 Å². The van der Waals surface area contributed by atoms with Crippen LogP contribution in [0.5, 0.6) is 0 Å². The average Bonchev–Trinajstić information content (AvgIpc) is 3.37. The fourth-order valence-electron chi connectivity index (χ4n) is 4.61. The molecule has 1 amide bonds. The van der Waals surface area contributed by atoms with E-state index in [2.05, 4.69) is 0 Å². The number of thiophene rings is 1. The summed E-state index contributed by atoms with van der Waals surface area (Å²) in [6, 6.07) is 14.4. The number of carbonyl (C=O) groups is 1. The van der Waals surface area contributed by atoms with Gasteiger partial charge in [-0.15, -0.1) is 11.3 Å². The van der Waals surface area contributed by atoms with Crippen LogP contribution in [0.3, 0.4) is 0 Å². The maximum absolute atomic E-state index is 13.8. The van der Waals surface area contributed by atoms with E-state index in [0.717, 1.165) is 33.1 Å². The zero-order chi connectivity index (χ0) is 26.6. The molecule has 196 valence electrons. The van der Waals surface area contributed by atoms with Gasteiger partial charge in [0.25, 0.3) is 5.69 Å². The molecule has 0 saturated carbocycles. The third kappa shape index (κ3) is 5.74. The number of hydrogen-bond acceptors (Lipinski definition) is 7. The summed E-state index contributed by atoms with van der Waals surface area (Å²) in [4.78, 5) is 27.1. The predicted molar refractivity (Wildman–Crippen MR) is 141 cm³/mol. The summed E-state index contributed by atoms with van der Waals surface area (Å²) in [6.07, 6.45) is 1.10. The Hall–Kier alpha value is -3.12. The van der Waals surface area contributed by atoms with Crippen LogP contribution in [0.15, 0.2) is 64.9 Å². The monoisotopic (exact) mass is 543 g/mol. The summed E-state index contributed by atoms with van der Waals surface area (Å²) in [5.74, 6) is -0.298. The number of amides is 1. The first kappa shape index (κ1) is 26.9. The molecule has 9 nitrogen and oxygen atoms in total. The van der Waals surface area contributed by atoms with E-state index in [1.54, 1.807) is 16.2 Å². The Morgan fingerprint density at radius 1 is 1.16 bits per heavy atom. The molecule has 1 aliphatic rings. The minimum atomic E-state index is -4.09. The molecule has 0 fully saturated rings. The number of hydrogen-bond donors (Lipinski definition) is 0. The lowest BCUT2D eigenvalue weighted by Gasteiger charge is -2.38. The quantitative estimate of drug-likeness (QED) is 0.216. The highest BCUT2D eigenvalue weighted by Gasteiger charge is 2.36. The second kappa shape index (κ2) is 11.5. The molecule has 1 aliphatic heterocycles. The first-order valence-electron chi connectivity index (χ1n) is 11.9. The molecule has 0 unspecified atom stereocenters. The van der Waals surface area contributed by atoms with E-state index in [1.807, 2.05) is 42.6 Å². The lowest BCUT2D eigenvalue weighted by atomic mass is 9.90. The first-order valence-corrected chi connectivity index (χ1v) is 14.2. The van der Waals surface area contributed by atoms with Gasteiger partial charge in [0.05, 0.1) is 22.4 Å². The number of sulfonamides is 1. The molecule has 4 rings (SSSR count). The molecule has 0 saturated heterocycles. The van der Waals surface area contributed by atoms with Gasteiger partial charge >= 0.3 is 0 Å². The number of non-ortho nitro benzene ring substituents is 1. The minimum Gasteiger partial charge on any atom is -0.385 e. The Morgan fingerprint density at radius 2 is 1.89 bits per heavy atom. The first-order chi connectivity index (χ1) is 17.7. The van der Waals surface area contributed by atoms with Crippen molar-refractivity contribution in [3.8, 4) is 0 Å². The van der Waals surface area contributed by atoms with Gasteiger partial charge in [-0.2, -0.15) is 4.31 Å². The number of nitro groups is 1. The van der Waals surface area contributed by atoms with E-state index in [1.165, 1.54) is 24.1 Å². The number of benzene rings is 2. The highest BCUT2D eigenvalue weighted by molar-refractivity contribution is 7.89. The van der Waals surface area contributed by atoms with Gasteiger partial charge in [0.15, 0.2) is 0 Å². The van der Waals surface area contributed by atoms with Crippen LogP contribution in [0, 0.1) is 17.0 Å². The lowest BCUT2D eigenvalue weighted by molar-refractivity contribution is -0.384. The van der Waals surface area contributed by atoms with Crippen LogP contribution in [-0.4, -0.2) is 61.8 Å². The van der Waals surface area contributed by atoms with Crippen molar-refractivity contribution in [3.05, 3.63) is 91.7 Å². The van der Waals surface area contributed by atoms with Crippen LogP contribution in [0.4, 0.5) is 5.69 Å². The summed E-state index contributed by atoms with van der Waals surface area (Å²) < 4.78 is 33.3. The Labute approximate surface area is 220 Å². The number of carbonyl (C=O) groups excluding carboxylic acids is 1. The van der Waals surface area contributed by atoms with Crippen molar-refractivity contribution >= 4 is 33.0 Å². The van der Waals surface area contributed by atoms with Gasteiger partial charge in [-0.3, -0.25) is 14.9 Å². The van der Waals surface area contributed by atoms with Crippen LogP contribution < -0.4 is 0 Å². The highest BCUT2D eigenvalue weighted by Crippen LogP contribution is 2.39. The number of aryl methyl sites for hydroxylation is 1. The highest BCUT2D eigenvalue weighted by atomic mass is 32.2. The zero-order valence-corrected chi connectivity index (χ0v) is 22.3. The standard InChI is InChI=1S/C26H29N3O6S2/c1-19-6-3-4-7-22(19)26-23-13-17-36-24(23)12-15-28(26)25(30)18-27(14-5-16-35-2)37(33,34)21-10-8-20(9-11-21)29(31)32/h3-4,6-11,13,17,26H,5,12,14-16,18H2,1-2H3/t26-/m1/s1. The van der Waals surface area contributed by atoms with Crippen LogP contribution in [0.25, 0.3) is 0 Å². The molecule has 0 bridgehead atoms. The molecule has 0 N–H and O–H groups in total. The van der Waals surface area contributed by atoms with E-state index in [-0.39, 0.29) is 35.6 Å². The summed E-state index contributed by atoms with van der Waals surface area (Å²) in [5.41, 5.74) is 2.93. The average molecular weight is 544 g/mol. The molecule has 11 heteroatoms. The summed E-state index contributed by atoms with van der Waals surface area (Å²) in [5, 5.41) is 13.0. The second-order valence-corrected chi connectivity index (χ2v) is 11.8. The Morgan fingerprint density at radius 3 is 2.57 bits per heavy atom. The number of nitro benzene ring substituents is 1. The molecule has 2 aromatic carbocycles. The van der Waals surface area contributed by atoms with Gasteiger partial charge in [-0.25, -0.2) is 8.42 Å². The van der Waals surface area contributed by atoms with Crippen LogP contribution in [0.2, 0.25) is 0 Å². The van der Waals surface area contributed by atoms with Gasteiger partial charge in [0.1, 0.15) is 0 Å². The molecular formula is C26H29N3O6S2. The van der Waals surface area contributed by atoms with Gasteiger partial charge in [-0.05, 0) is 60.0 Å². The summed E-state index contributed by atoms with van der Waals surface area (Å²) in [7, 11) is -2.56. The smallest absolute Gasteiger partial charge is 0.269 e. The Bertz CT molecular complexity index is 1370. The van der Waals surface area contributed by atoms with E-state index in [0.29, 0.717) is 26.0 Å². The maximum Gasteiger partial charge on any atom is 0.269 e. The van der Waals surface area contributed by atoms with E-state index < -0.39 is 14.9 Å². The number of methoxy groups -OCH3 is 1. The zero-order valence-electron chi connectivity index (χ0n) is 20.7. The molecule has 0 spiro atoms. The predicted octanol–water partition coefficient (Wildman–Crippen LogP) is 4.17. The number of fused-ring (bicyclic) bond motifs is 1. The Balaban J connectivity index is 1.65. The fraction of sp³-hybridized carbons (Fsp3) is 0.346. The molecule has 1 aromatic heterocycles. The Kier molecular flexibility index (Phi) is 8.38. The number of nitrogens with zero attached hydrogens (tertiary/aromatic N) is 3. The van der Waals surface area contributed by atoms with Crippen molar-refractivity contribution < 1.29 is 22.9 Å². The third-order valence-electron chi connectivity index (χ3n) is 6.52. The van der Waals surface area contributed by atoms with Crippen LogP contribution >= 0.6 is 11.3 Å². The van der Waals surface area contributed by atoms with Crippen molar-refractivity contribution in [2.75, 3.05) is 33.4 Å². The van der Waals surface area contributed by atoms with Crippen LogP contribution in [-0.2, 0) is 26.0 Å². The normalized spacial score (nSPS) is 15.5. The van der Waals surface area contributed by atoms with Crippen molar-refractivity contribution in [2.24, 2.45) is 0 Å². The molecule has 0 aliphatic carbocycles. The largest absolute Gasteiger partial charge is 0.385 e. The van der Waals surface area contributed by atoms with Crippen molar-refractivity contribution in [2.45, 2.75) is 30.7 Å². The van der Waals surface area contributed by atoms with Crippen molar-refractivity contribution in [3.63, 3.8) is 0 Å². The third-order valence-corrected chi connectivity index (χ3v) is 9.38. The van der Waals surface area contributed by atoms with Gasteiger partial charge < -0.3 is 9.64 Å². The van der Waals surface area contributed by atoms with Crippen LogP contribution in [0.1, 0.15) is 34.0 Å². The molecule has 2 heterocycles. The topological polar surface area (TPSA) is 110 Å². The molecular weight excluding hydrogens is 514 g/mol. The van der Waals surface area contributed by atoms with Crippen molar-refractivity contribution in [1.29, 1.82) is 0 Å². The summed E-state index contributed by atoms with van der Waals surface area (Å²) >= 11 is 1.67. The lowest BCUT2D eigenvalue weighted by Crippen LogP contribution is -2.47. The van der Waals surface area contributed by atoms with E-state index >= 15 is 0 Å². The maximum atomic E-state index is 13.8. The fourth-order valence-corrected chi connectivity index (χ4v) is 6.95. The van der Waals surface area contributed by atoms with E-state index in [4.69, 9.17) is 4.74 Å². The molecule has 1 atom stereocenters. The molecule has 0 radical (unpaired) electrons. The van der Waals surface area contributed by atoms with Gasteiger partial charge in [0.2, 0.25) is 15.9 Å². The minimum absolute atomic E-state index is 0.0749. The number of ether oxygens (including phenoxy) is 1. The second-order valence-electron chi connectivity index (χ2n) is 8.83. The molecule has 3 aromatic rings. The van der Waals surface area contributed by atoms with E-state index in [9.17, 15) is 23.3 Å². The molecule has 37 heavy (non-hydrogen) atoms. The SMILES string of the molecule is COCCCN(CC(=O)N1CCc2sccc2[C@H]1c1ccccc1C)S(=O)(=O)c1ccc([N+](=O)[O-])cc1. The number of rotatable bonds is 10. The van der Waals surface area contributed by atoms with Gasteiger partial charge in [0, 0.05) is 43.8 Å². The van der Waals surface area contributed by atoms with Gasteiger partial charge in [-0.1, -0.05) is 24.3 Å².